The van der Waals surface area contributed by atoms with Gasteiger partial charge in [0.25, 0.3) is 0 Å². The van der Waals surface area contributed by atoms with E-state index in [-0.39, 0.29) is 5.97 Å². The number of hydrogen-bond acceptors (Lipinski definition) is 4. The highest BCUT2D eigenvalue weighted by molar-refractivity contribution is 5.75. The average molecular weight is 310 g/mol. The van der Waals surface area contributed by atoms with Crippen LogP contribution in [0.15, 0.2) is 0 Å². The van der Waals surface area contributed by atoms with Crippen molar-refractivity contribution >= 4 is 5.97 Å². The van der Waals surface area contributed by atoms with Gasteiger partial charge in [0.1, 0.15) is 6.04 Å². The van der Waals surface area contributed by atoms with Crippen molar-refractivity contribution < 1.29 is 9.63 Å². The van der Waals surface area contributed by atoms with Crippen molar-refractivity contribution in [3.8, 4) is 0 Å². The van der Waals surface area contributed by atoms with Crippen LogP contribution in [-0.4, -0.2) is 29.2 Å². The van der Waals surface area contributed by atoms with Crippen LogP contribution < -0.4 is 5.73 Å². The van der Waals surface area contributed by atoms with E-state index < -0.39 is 6.04 Å². The molecule has 4 nitrogen and oxygen atoms in total. The molecule has 0 aromatic heterocycles. The van der Waals surface area contributed by atoms with Gasteiger partial charge in [-0.25, -0.2) is 4.79 Å². The molecule has 2 aliphatic rings. The van der Waals surface area contributed by atoms with Crippen LogP contribution in [0, 0.1) is 5.92 Å². The summed E-state index contributed by atoms with van der Waals surface area (Å²) < 4.78 is 0. The minimum atomic E-state index is -0.491. The third kappa shape index (κ3) is 5.24. The Hall–Kier alpha value is -0.610. The first-order valence-electron chi connectivity index (χ1n) is 9.33. The fourth-order valence-corrected chi connectivity index (χ4v) is 3.89. The van der Waals surface area contributed by atoms with E-state index >= 15 is 0 Å². The quantitative estimate of drug-likeness (QED) is 0.758. The lowest BCUT2D eigenvalue weighted by Gasteiger charge is -2.40. The van der Waals surface area contributed by atoms with E-state index in [1.54, 1.807) is 0 Å². The molecule has 0 unspecified atom stereocenters. The smallest absolute Gasteiger partial charge is 0.341 e. The van der Waals surface area contributed by atoms with Gasteiger partial charge in [-0.2, -0.15) is 0 Å². The highest BCUT2D eigenvalue weighted by Crippen LogP contribution is 2.30. The standard InChI is InChI=1S/C18H34N2O2/c1-14(2)13-17(19)18(21)22-20(15-9-5-3-6-10-15)16-11-7-4-8-12-16/h14-17H,3-13,19H2,1-2H3/t17-/m0/s1. The van der Waals surface area contributed by atoms with Crippen LogP contribution in [0.1, 0.15) is 84.5 Å². The highest BCUT2D eigenvalue weighted by Gasteiger charge is 2.33. The molecule has 0 radical (unpaired) electrons. The average Bonchev–Trinajstić information content (AvgIpc) is 2.53. The zero-order chi connectivity index (χ0) is 15.9. The molecule has 0 aromatic rings. The van der Waals surface area contributed by atoms with Crippen LogP contribution >= 0.6 is 0 Å². The molecule has 0 amide bonds. The minimum absolute atomic E-state index is 0.232. The number of carbonyl (C=O) groups is 1. The summed E-state index contributed by atoms with van der Waals surface area (Å²) in [6.07, 6.45) is 13.0. The molecule has 0 heterocycles. The first kappa shape index (κ1) is 17.7. The number of rotatable bonds is 6. The predicted molar refractivity (Wildman–Crippen MR) is 89.1 cm³/mol. The zero-order valence-corrected chi connectivity index (χ0v) is 14.4. The zero-order valence-electron chi connectivity index (χ0n) is 14.4. The van der Waals surface area contributed by atoms with Gasteiger partial charge in [0, 0.05) is 12.1 Å². The van der Waals surface area contributed by atoms with E-state index in [4.69, 9.17) is 10.6 Å². The van der Waals surface area contributed by atoms with Gasteiger partial charge in [-0.05, 0) is 38.0 Å². The molecule has 0 bridgehead atoms. The highest BCUT2D eigenvalue weighted by atomic mass is 16.7. The lowest BCUT2D eigenvalue weighted by atomic mass is 9.90. The normalized spacial score (nSPS) is 23.0. The summed E-state index contributed by atoms with van der Waals surface area (Å²) in [5.41, 5.74) is 6.02. The Labute approximate surface area is 135 Å². The Bertz CT molecular complexity index is 316. The molecule has 2 N–H and O–H groups in total. The predicted octanol–water partition coefficient (Wildman–Crippen LogP) is 3.79. The fraction of sp³-hybridized carbons (Fsp3) is 0.944. The van der Waals surface area contributed by atoms with Crippen LogP contribution in [0.2, 0.25) is 0 Å². The van der Waals surface area contributed by atoms with E-state index in [1.807, 2.05) is 0 Å². The maximum absolute atomic E-state index is 12.4. The van der Waals surface area contributed by atoms with E-state index in [9.17, 15) is 4.79 Å². The molecule has 0 spiro atoms. The van der Waals surface area contributed by atoms with Crippen LogP contribution in [0.4, 0.5) is 0 Å². The van der Waals surface area contributed by atoms with Crippen molar-refractivity contribution in [3.05, 3.63) is 0 Å². The van der Waals surface area contributed by atoms with E-state index in [0.29, 0.717) is 24.4 Å². The van der Waals surface area contributed by atoms with Crippen LogP contribution in [0.5, 0.6) is 0 Å². The van der Waals surface area contributed by atoms with E-state index in [2.05, 4.69) is 18.9 Å². The van der Waals surface area contributed by atoms with Crippen molar-refractivity contribution in [2.75, 3.05) is 0 Å². The largest absolute Gasteiger partial charge is 0.366 e. The Kier molecular flexibility index (Phi) is 7.16. The van der Waals surface area contributed by atoms with Gasteiger partial charge in [0.05, 0.1) is 0 Å². The summed E-state index contributed by atoms with van der Waals surface area (Å²) >= 11 is 0. The molecule has 1 atom stereocenters. The van der Waals surface area contributed by atoms with Gasteiger partial charge in [-0.15, -0.1) is 5.06 Å². The SMILES string of the molecule is CC(C)C[C@H](N)C(=O)ON(C1CCCCC1)C1CCCCC1. The van der Waals surface area contributed by atoms with Gasteiger partial charge in [0.2, 0.25) is 0 Å². The third-order valence-electron chi connectivity index (χ3n) is 5.09. The third-order valence-corrected chi connectivity index (χ3v) is 5.09. The van der Waals surface area contributed by atoms with Crippen LogP contribution in [-0.2, 0) is 9.63 Å². The van der Waals surface area contributed by atoms with Crippen molar-refractivity contribution in [3.63, 3.8) is 0 Å². The lowest BCUT2D eigenvalue weighted by molar-refractivity contribution is -0.224. The van der Waals surface area contributed by atoms with Crippen molar-refractivity contribution in [2.24, 2.45) is 11.7 Å². The molecule has 128 valence electrons. The monoisotopic (exact) mass is 310 g/mol. The van der Waals surface area contributed by atoms with Gasteiger partial charge in [0.15, 0.2) is 0 Å². The number of carbonyl (C=O) groups excluding carboxylic acids is 1. The van der Waals surface area contributed by atoms with Crippen molar-refractivity contribution in [1.29, 1.82) is 0 Å². The topological polar surface area (TPSA) is 55.6 Å². The molecule has 0 aliphatic heterocycles. The number of hydrogen-bond donors (Lipinski definition) is 1. The van der Waals surface area contributed by atoms with Gasteiger partial charge in [-0.3, -0.25) is 0 Å². The molecule has 2 aliphatic carbocycles. The number of hydroxylamine groups is 2. The Morgan fingerprint density at radius 1 is 1.00 bits per heavy atom. The van der Waals surface area contributed by atoms with Crippen LogP contribution in [0.25, 0.3) is 0 Å². The van der Waals surface area contributed by atoms with Gasteiger partial charge in [-0.1, -0.05) is 52.4 Å². The first-order valence-corrected chi connectivity index (χ1v) is 9.33. The number of nitrogens with two attached hydrogens (primary N) is 1. The molecular formula is C18H34N2O2. The number of nitrogens with zero attached hydrogens (tertiary/aromatic N) is 1. The van der Waals surface area contributed by atoms with Crippen molar-refractivity contribution in [2.45, 2.75) is 103 Å². The molecule has 22 heavy (non-hydrogen) atoms. The molecule has 0 aromatic carbocycles. The summed E-state index contributed by atoms with van der Waals surface area (Å²) in [5.74, 6) is 0.185. The van der Waals surface area contributed by atoms with Crippen LogP contribution in [0.3, 0.4) is 0 Å². The van der Waals surface area contributed by atoms with E-state index in [0.717, 1.165) is 25.7 Å². The van der Waals surface area contributed by atoms with Gasteiger partial charge >= 0.3 is 5.97 Å². The summed E-state index contributed by atoms with van der Waals surface area (Å²) in [5, 5.41) is 2.07. The molecule has 2 fully saturated rings. The molecule has 2 rings (SSSR count). The molecular weight excluding hydrogens is 276 g/mol. The summed E-state index contributed by atoms with van der Waals surface area (Å²) in [6, 6.07) is 0.328. The second-order valence-electron chi connectivity index (χ2n) is 7.59. The maximum Gasteiger partial charge on any atom is 0.341 e. The second kappa shape index (κ2) is 8.88. The Morgan fingerprint density at radius 3 is 1.86 bits per heavy atom. The lowest BCUT2D eigenvalue weighted by Crippen LogP contribution is -2.49. The maximum atomic E-state index is 12.4. The molecule has 2 saturated carbocycles. The molecule has 4 heteroatoms. The second-order valence-corrected chi connectivity index (χ2v) is 7.59. The Morgan fingerprint density at radius 2 is 1.45 bits per heavy atom. The van der Waals surface area contributed by atoms with Crippen molar-refractivity contribution in [1.82, 2.24) is 5.06 Å². The first-order chi connectivity index (χ1) is 10.6. The summed E-state index contributed by atoms with van der Waals surface area (Å²) in [4.78, 5) is 18.2. The summed E-state index contributed by atoms with van der Waals surface area (Å²) in [6.45, 7) is 4.18. The van der Waals surface area contributed by atoms with Gasteiger partial charge < -0.3 is 10.6 Å². The minimum Gasteiger partial charge on any atom is -0.366 e. The van der Waals surface area contributed by atoms with E-state index in [1.165, 1.54) is 38.5 Å². The summed E-state index contributed by atoms with van der Waals surface area (Å²) in [7, 11) is 0. The molecule has 0 saturated heterocycles. The fourth-order valence-electron chi connectivity index (χ4n) is 3.89. The Balaban J connectivity index is 1.98.